The van der Waals surface area contributed by atoms with Crippen LogP contribution in [0.1, 0.15) is 5.56 Å². The second-order valence-corrected chi connectivity index (χ2v) is 12.6. The highest BCUT2D eigenvalue weighted by Gasteiger charge is 2.65. The zero-order valence-electron chi connectivity index (χ0n) is 18.8. The van der Waals surface area contributed by atoms with Crippen molar-refractivity contribution in [2.24, 2.45) is 4.99 Å². The Labute approximate surface area is 208 Å². The molecule has 3 aromatic carbocycles. The number of aliphatic imine (C=N–C) groups is 1. The summed E-state index contributed by atoms with van der Waals surface area (Å²) in [5.74, 6) is -0.947. The van der Waals surface area contributed by atoms with E-state index in [0.717, 1.165) is 5.56 Å². The molecule has 0 aliphatic carbocycles. The Morgan fingerprint density at radius 2 is 1.31 bits per heavy atom. The minimum atomic E-state index is -4.53. The van der Waals surface area contributed by atoms with Gasteiger partial charge in [0, 0.05) is 9.79 Å². The van der Waals surface area contributed by atoms with Crippen LogP contribution in [0.3, 0.4) is 0 Å². The lowest BCUT2D eigenvalue weighted by molar-refractivity contribution is -0.114. The second kappa shape index (κ2) is 8.59. The summed E-state index contributed by atoms with van der Waals surface area (Å²) in [6, 6.07) is 20.7. The minimum Gasteiger partial charge on any atom is -0.300 e. The van der Waals surface area contributed by atoms with Gasteiger partial charge >= 0.3 is 22.2 Å². The number of hydrogen-bond acceptors (Lipinski definition) is 6. The zero-order chi connectivity index (χ0) is 25.6. The number of fused-ring (bicyclic) bond motifs is 1. The standard InChI is InChI=1S/C24H20N4O6S2/c1-16-12-14-19(15-13-16)36(32,33)34-35(17-8-4-2-5-9-17,18-10-6-3-7-11-18)24-20(25-22(30)27-24)21(29)26-23(31)28-24/h2-15H,1H3,(H,27,30)(H2,26,28,29,31). The number of benzene rings is 3. The molecule has 0 bridgehead atoms. The van der Waals surface area contributed by atoms with Crippen LogP contribution in [0.25, 0.3) is 0 Å². The van der Waals surface area contributed by atoms with Crippen molar-refractivity contribution >= 4 is 44.1 Å². The van der Waals surface area contributed by atoms with Crippen LogP contribution in [0, 0.1) is 6.92 Å². The summed E-state index contributed by atoms with van der Waals surface area (Å²) in [6.45, 7) is 1.81. The summed E-state index contributed by atoms with van der Waals surface area (Å²) < 4.78 is 33.8. The third-order valence-corrected chi connectivity index (χ3v) is 11.2. The number of hydrogen-bond donors (Lipinski definition) is 3. The lowest BCUT2D eigenvalue weighted by atomic mass is 10.2. The summed E-state index contributed by atoms with van der Waals surface area (Å²) in [6.07, 6.45) is 0. The Hall–Kier alpha value is -4.00. The molecule has 0 saturated carbocycles. The molecule has 12 heteroatoms. The normalized spacial score (nSPS) is 20.0. The smallest absolute Gasteiger partial charge is 0.300 e. The summed E-state index contributed by atoms with van der Waals surface area (Å²) >= 11 is 0. The van der Waals surface area contributed by atoms with Crippen molar-refractivity contribution in [2.75, 3.05) is 0 Å². The van der Waals surface area contributed by atoms with E-state index in [4.69, 9.17) is 3.63 Å². The van der Waals surface area contributed by atoms with Crippen LogP contribution in [-0.2, 0) is 18.5 Å². The fourth-order valence-corrected chi connectivity index (χ4v) is 9.91. The largest absolute Gasteiger partial charge is 0.344 e. The SMILES string of the molecule is Cc1ccc(S(=O)(=O)OS(c2ccccc2)(c2ccccc2)C23NC(=O)N=C2C(=O)NC(=O)N3)cc1. The maximum absolute atomic E-state index is 13.8. The third kappa shape index (κ3) is 3.66. The number of nitrogens with one attached hydrogen (secondary N) is 3. The quantitative estimate of drug-likeness (QED) is 0.452. The molecular weight excluding hydrogens is 504 g/mol. The molecule has 2 heterocycles. The van der Waals surface area contributed by atoms with Gasteiger partial charge in [-0.2, -0.15) is 13.4 Å². The Kier molecular flexibility index (Phi) is 5.66. The van der Waals surface area contributed by atoms with Gasteiger partial charge in [-0.15, -0.1) is 0 Å². The number of imide groups is 1. The maximum atomic E-state index is 13.8. The van der Waals surface area contributed by atoms with Crippen molar-refractivity contribution in [3.05, 3.63) is 90.5 Å². The van der Waals surface area contributed by atoms with Crippen LogP contribution in [0.4, 0.5) is 9.59 Å². The Bertz CT molecular complexity index is 1470. The molecule has 10 nitrogen and oxygen atoms in total. The lowest BCUT2D eigenvalue weighted by Gasteiger charge is -2.52. The number of nitrogens with zero attached hydrogens (tertiary/aromatic N) is 1. The van der Waals surface area contributed by atoms with E-state index in [2.05, 4.69) is 20.9 Å². The highest BCUT2D eigenvalue weighted by molar-refractivity contribution is 8.34. The molecule has 1 fully saturated rings. The number of amides is 5. The van der Waals surface area contributed by atoms with Crippen molar-refractivity contribution < 1.29 is 26.4 Å². The van der Waals surface area contributed by atoms with E-state index in [-0.39, 0.29) is 4.90 Å². The van der Waals surface area contributed by atoms with Gasteiger partial charge in [0.1, 0.15) is 0 Å². The van der Waals surface area contributed by atoms with Crippen LogP contribution < -0.4 is 16.0 Å². The molecule has 3 aromatic rings. The number of urea groups is 2. The number of rotatable bonds is 6. The molecular formula is C24H20N4O6S2. The van der Waals surface area contributed by atoms with Crippen molar-refractivity contribution in [1.82, 2.24) is 16.0 Å². The fraction of sp³-hybridized carbons (Fsp3) is 0.0833. The first-order chi connectivity index (χ1) is 17.2. The summed E-state index contributed by atoms with van der Waals surface area (Å²) in [5, 5.41) is 7.22. The van der Waals surface area contributed by atoms with Crippen LogP contribution in [-0.4, -0.2) is 37.1 Å². The molecule has 1 saturated heterocycles. The summed E-state index contributed by atoms with van der Waals surface area (Å²) in [7, 11) is -8.04. The Balaban J connectivity index is 1.86. The van der Waals surface area contributed by atoms with Gasteiger partial charge in [-0.05, 0) is 53.6 Å². The predicted molar refractivity (Wildman–Crippen MR) is 132 cm³/mol. The van der Waals surface area contributed by atoms with Crippen molar-refractivity contribution in [1.29, 1.82) is 0 Å². The molecule has 2 aliphatic heterocycles. The van der Waals surface area contributed by atoms with Gasteiger partial charge < -0.3 is 0 Å². The van der Waals surface area contributed by atoms with E-state index >= 15 is 0 Å². The van der Waals surface area contributed by atoms with Crippen molar-refractivity contribution in [3.63, 3.8) is 0 Å². The molecule has 0 spiro atoms. The molecule has 1 atom stereocenters. The number of aryl methyl sites for hydroxylation is 1. The lowest BCUT2D eigenvalue weighted by Crippen LogP contribution is -2.73. The summed E-state index contributed by atoms with van der Waals surface area (Å²) in [5.41, 5.74) is 0.430. The van der Waals surface area contributed by atoms with Gasteiger partial charge in [-0.1, -0.05) is 54.1 Å². The maximum Gasteiger partial charge on any atom is 0.344 e. The van der Waals surface area contributed by atoms with Crippen molar-refractivity contribution in [2.45, 2.75) is 26.6 Å². The van der Waals surface area contributed by atoms with Crippen LogP contribution in [0.2, 0.25) is 0 Å². The minimum absolute atomic E-state index is 0.136. The van der Waals surface area contributed by atoms with E-state index < -0.39 is 49.1 Å². The molecule has 2 aliphatic rings. The number of carbonyl (C=O) groups is 3. The van der Waals surface area contributed by atoms with E-state index in [1.54, 1.807) is 72.8 Å². The predicted octanol–water partition coefficient (Wildman–Crippen LogP) is 3.20. The molecule has 5 amide bonds. The average Bonchev–Trinajstić information content (AvgIpc) is 3.21. The molecule has 184 valence electrons. The van der Waals surface area contributed by atoms with Crippen molar-refractivity contribution in [3.8, 4) is 0 Å². The zero-order valence-corrected chi connectivity index (χ0v) is 20.4. The van der Waals surface area contributed by atoms with Crippen LogP contribution in [0.15, 0.2) is 105 Å². The number of carbonyl (C=O) groups excluding carboxylic acids is 3. The monoisotopic (exact) mass is 524 g/mol. The first-order valence-electron chi connectivity index (χ1n) is 10.7. The molecule has 36 heavy (non-hydrogen) atoms. The highest BCUT2D eigenvalue weighted by atomic mass is 32.3. The van der Waals surface area contributed by atoms with Gasteiger partial charge in [-0.25, -0.2) is 13.2 Å². The van der Waals surface area contributed by atoms with Crippen LogP contribution >= 0.6 is 10.3 Å². The van der Waals surface area contributed by atoms with E-state index in [1.807, 2.05) is 6.92 Å². The average molecular weight is 525 g/mol. The first kappa shape index (κ1) is 23.7. The van der Waals surface area contributed by atoms with Gasteiger partial charge in [0.2, 0.25) is 4.99 Å². The molecule has 3 N–H and O–H groups in total. The second-order valence-electron chi connectivity index (χ2n) is 8.00. The van der Waals surface area contributed by atoms with Gasteiger partial charge in [0.05, 0.1) is 4.90 Å². The van der Waals surface area contributed by atoms with Gasteiger partial charge in [-0.3, -0.25) is 20.7 Å². The first-order valence-corrected chi connectivity index (χ1v) is 13.7. The highest BCUT2D eigenvalue weighted by Crippen LogP contribution is 2.72. The Morgan fingerprint density at radius 3 is 1.86 bits per heavy atom. The Morgan fingerprint density at radius 1 is 0.750 bits per heavy atom. The molecule has 5 rings (SSSR count). The van der Waals surface area contributed by atoms with E-state index in [0.29, 0.717) is 9.79 Å². The third-order valence-electron chi connectivity index (χ3n) is 5.64. The van der Waals surface area contributed by atoms with Gasteiger partial charge in [0.15, 0.2) is 5.71 Å². The van der Waals surface area contributed by atoms with Crippen LogP contribution in [0.5, 0.6) is 0 Å². The van der Waals surface area contributed by atoms with E-state index in [9.17, 15) is 22.8 Å². The van der Waals surface area contributed by atoms with Gasteiger partial charge in [0.25, 0.3) is 5.91 Å². The molecule has 0 aromatic heterocycles. The molecule has 0 radical (unpaired) electrons. The topological polar surface area (TPSA) is 143 Å². The summed E-state index contributed by atoms with van der Waals surface area (Å²) in [4.78, 5) is 40.4. The molecule has 1 unspecified atom stereocenters. The fourth-order valence-electron chi connectivity index (χ4n) is 4.07. The van der Waals surface area contributed by atoms with E-state index in [1.165, 1.54) is 12.1 Å².